The molecule has 3 N–H and O–H groups in total. The molecule has 2 aliphatic carbocycles. The molecule has 0 bridgehead atoms. The molecule has 2 fully saturated rings. The summed E-state index contributed by atoms with van der Waals surface area (Å²) in [4.78, 5) is 36.4. The van der Waals surface area contributed by atoms with Crippen molar-refractivity contribution in [3.05, 3.63) is 29.8 Å². The van der Waals surface area contributed by atoms with Crippen LogP contribution in [-0.4, -0.2) is 53.0 Å². The molecule has 2 saturated carbocycles. The van der Waals surface area contributed by atoms with E-state index in [0.29, 0.717) is 17.2 Å². The van der Waals surface area contributed by atoms with Gasteiger partial charge >= 0.3 is 5.97 Å². The molecule has 7 nitrogen and oxygen atoms in total. The quantitative estimate of drug-likeness (QED) is 0.656. The first kappa shape index (κ1) is 18.4. The van der Waals surface area contributed by atoms with Crippen LogP contribution >= 0.6 is 0 Å². The number of hydrogen-bond acceptors (Lipinski definition) is 4. The lowest BCUT2D eigenvalue weighted by molar-refractivity contribution is -0.139. The van der Waals surface area contributed by atoms with Crippen molar-refractivity contribution >= 4 is 23.5 Å². The molecule has 7 heteroatoms. The zero-order valence-corrected chi connectivity index (χ0v) is 14.9. The molecule has 26 heavy (non-hydrogen) atoms. The van der Waals surface area contributed by atoms with Crippen molar-refractivity contribution in [2.45, 2.75) is 44.7 Å². The van der Waals surface area contributed by atoms with E-state index in [4.69, 9.17) is 5.11 Å². The van der Waals surface area contributed by atoms with Crippen molar-refractivity contribution in [1.29, 1.82) is 0 Å². The molecule has 1 aromatic rings. The number of aliphatic carboxylic acids is 1. The highest BCUT2D eigenvalue weighted by Crippen LogP contribution is 2.33. The fourth-order valence-corrected chi connectivity index (χ4v) is 3.33. The number of rotatable bonds is 8. The summed E-state index contributed by atoms with van der Waals surface area (Å²) in [7, 11) is 0. The number of hydrogen-bond donors (Lipinski definition) is 3. The second-order valence-corrected chi connectivity index (χ2v) is 7.32. The molecule has 3 rings (SSSR count). The summed E-state index contributed by atoms with van der Waals surface area (Å²) in [6, 6.07) is 7.08. The van der Waals surface area contributed by atoms with Crippen LogP contribution < -0.4 is 10.6 Å². The van der Waals surface area contributed by atoms with Crippen LogP contribution in [0.4, 0.5) is 5.69 Å². The summed E-state index contributed by atoms with van der Waals surface area (Å²) < 4.78 is 0. The van der Waals surface area contributed by atoms with Crippen molar-refractivity contribution in [3.63, 3.8) is 0 Å². The Morgan fingerprint density at radius 1 is 1.15 bits per heavy atom. The lowest BCUT2D eigenvalue weighted by atomic mass is 9.85. The van der Waals surface area contributed by atoms with Gasteiger partial charge in [0.15, 0.2) is 0 Å². The van der Waals surface area contributed by atoms with E-state index < -0.39 is 5.97 Å². The van der Waals surface area contributed by atoms with Crippen molar-refractivity contribution in [2.75, 3.05) is 18.4 Å². The zero-order valence-electron chi connectivity index (χ0n) is 14.9. The fraction of sp³-hybridized carbons (Fsp3) is 0.526. The van der Waals surface area contributed by atoms with Gasteiger partial charge in [-0.1, -0.05) is 0 Å². The predicted molar refractivity (Wildman–Crippen MR) is 97.0 cm³/mol. The second kappa shape index (κ2) is 7.86. The highest BCUT2D eigenvalue weighted by atomic mass is 16.4. The molecule has 0 atom stereocenters. The smallest absolute Gasteiger partial charge is 0.317 e. The van der Waals surface area contributed by atoms with Gasteiger partial charge in [-0.15, -0.1) is 0 Å². The van der Waals surface area contributed by atoms with Gasteiger partial charge in [0.2, 0.25) is 5.91 Å². The molecule has 1 aromatic carbocycles. The van der Waals surface area contributed by atoms with Crippen LogP contribution in [0.1, 0.15) is 43.0 Å². The average Bonchev–Trinajstić information content (AvgIpc) is 3.33. The van der Waals surface area contributed by atoms with Crippen LogP contribution in [0.2, 0.25) is 0 Å². The van der Waals surface area contributed by atoms with Gasteiger partial charge in [0.25, 0.3) is 5.91 Å². The number of benzene rings is 1. The number of carbonyl (C=O) groups is 3. The Labute approximate surface area is 152 Å². The summed E-state index contributed by atoms with van der Waals surface area (Å²) in [6.07, 6.45) is 3.96. The third-order valence-corrected chi connectivity index (χ3v) is 4.96. The van der Waals surface area contributed by atoms with Crippen molar-refractivity contribution < 1.29 is 19.5 Å². The number of nitrogens with zero attached hydrogens (tertiary/aromatic N) is 1. The summed E-state index contributed by atoms with van der Waals surface area (Å²) in [5.74, 6) is -0.447. The Morgan fingerprint density at radius 2 is 1.81 bits per heavy atom. The van der Waals surface area contributed by atoms with E-state index in [2.05, 4.69) is 10.6 Å². The second-order valence-electron chi connectivity index (χ2n) is 7.32. The predicted octanol–water partition coefficient (Wildman–Crippen LogP) is 1.70. The van der Waals surface area contributed by atoms with Gasteiger partial charge in [0, 0.05) is 36.8 Å². The van der Waals surface area contributed by atoms with Gasteiger partial charge in [0.05, 0.1) is 6.54 Å². The first-order valence-electron chi connectivity index (χ1n) is 9.05. The van der Waals surface area contributed by atoms with Gasteiger partial charge in [0.1, 0.15) is 0 Å². The van der Waals surface area contributed by atoms with Crippen molar-refractivity contribution in [3.8, 4) is 0 Å². The SMILES string of the molecule is CC(=O)Nc1ccc(C(=O)NC2CC(N(CC(=O)O)CC3CC3)C2)cc1. The van der Waals surface area contributed by atoms with E-state index in [1.165, 1.54) is 19.8 Å². The van der Waals surface area contributed by atoms with E-state index in [0.717, 1.165) is 19.4 Å². The van der Waals surface area contributed by atoms with Crippen LogP contribution in [0.5, 0.6) is 0 Å². The minimum absolute atomic E-state index is 0.0758. The molecular weight excluding hydrogens is 334 g/mol. The van der Waals surface area contributed by atoms with E-state index in [9.17, 15) is 14.4 Å². The molecule has 0 aliphatic heterocycles. The number of amides is 2. The number of anilines is 1. The Hall–Kier alpha value is -2.41. The van der Waals surface area contributed by atoms with E-state index in [1.807, 2.05) is 4.90 Å². The molecule has 0 unspecified atom stereocenters. The van der Waals surface area contributed by atoms with Gasteiger partial charge in [-0.2, -0.15) is 0 Å². The van der Waals surface area contributed by atoms with Crippen LogP contribution in [0.25, 0.3) is 0 Å². The minimum atomic E-state index is -0.794. The summed E-state index contributed by atoms with van der Waals surface area (Å²) >= 11 is 0. The maximum absolute atomic E-state index is 12.3. The van der Waals surface area contributed by atoms with Crippen molar-refractivity contribution in [1.82, 2.24) is 10.2 Å². The maximum atomic E-state index is 12.3. The van der Waals surface area contributed by atoms with Crippen LogP contribution in [0.15, 0.2) is 24.3 Å². The summed E-state index contributed by atoms with van der Waals surface area (Å²) in [5.41, 5.74) is 1.20. The Kier molecular flexibility index (Phi) is 5.56. The van der Waals surface area contributed by atoms with Crippen LogP contribution in [0.3, 0.4) is 0 Å². The number of carboxylic acids is 1. The van der Waals surface area contributed by atoms with E-state index in [1.54, 1.807) is 24.3 Å². The first-order chi connectivity index (χ1) is 12.4. The third-order valence-electron chi connectivity index (χ3n) is 4.96. The highest BCUT2D eigenvalue weighted by Gasteiger charge is 2.37. The maximum Gasteiger partial charge on any atom is 0.317 e. The molecule has 2 aliphatic rings. The zero-order chi connectivity index (χ0) is 18.7. The molecule has 0 heterocycles. The Bertz CT molecular complexity index is 679. The number of carboxylic acid groups (broad SMARTS) is 1. The first-order valence-corrected chi connectivity index (χ1v) is 9.05. The normalized spacial score (nSPS) is 21.8. The molecule has 0 radical (unpaired) electrons. The van der Waals surface area contributed by atoms with Gasteiger partial charge in [-0.3, -0.25) is 19.3 Å². The Morgan fingerprint density at radius 3 is 2.35 bits per heavy atom. The topological polar surface area (TPSA) is 98.7 Å². The molecule has 0 saturated heterocycles. The Balaban J connectivity index is 1.47. The monoisotopic (exact) mass is 359 g/mol. The molecule has 2 amide bonds. The largest absolute Gasteiger partial charge is 0.480 e. The fourth-order valence-electron chi connectivity index (χ4n) is 3.33. The minimum Gasteiger partial charge on any atom is -0.480 e. The lowest BCUT2D eigenvalue weighted by Crippen LogP contribution is -2.55. The standard InChI is InChI=1S/C19H25N3O4/c1-12(23)20-15-6-4-14(5-7-15)19(26)21-16-8-17(9-16)22(11-18(24)25)10-13-2-3-13/h4-7,13,16-17H,2-3,8-11H2,1H3,(H,20,23)(H,21,26)(H,24,25). The number of nitrogens with one attached hydrogen (secondary N) is 2. The average molecular weight is 359 g/mol. The number of carbonyl (C=O) groups excluding carboxylic acids is 2. The molecule has 0 aromatic heterocycles. The van der Waals surface area contributed by atoms with Crippen molar-refractivity contribution in [2.24, 2.45) is 5.92 Å². The molecule has 140 valence electrons. The lowest BCUT2D eigenvalue weighted by Gasteiger charge is -2.42. The molecule has 0 spiro atoms. The highest BCUT2D eigenvalue weighted by molar-refractivity contribution is 5.95. The van der Waals surface area contributed by atoms with E-state index >= 15 is 0 Å². The molecular formula is C19H25N3O4. The van der Waals surface area contributed by atoms with Gasteiger partial charge in [-0.25, -0.2) is 0 Å². The summed E-state index contributed by atoms with van der Waals surface area (Å²) in [5, 5.41) is 14.7. The van der Waals surface area contributed by atoms with Gasteiger partial charge < -0.3 is 15.7 Å². The van der Waals surface area contributed by atoms with Crippen LogP contribution in [0, 0.1) is 5.92 Å². The third kappa shape index (κ3) is 5.05. The van der Waals surface area contributed by atoms with Crippen LogP contribution in [-0.2, 0) is 9.59 Å². The van der Waals surface area contributed by atoms with E-state index in [-0.39, 0.29) is 30.4 Å². The summed E-state index contributed by atoms with van der Waals surface area (Å²) in [6.45, 7) is 2.36. The van der Waals surface area contributed by atoms with Gasteiger partial charge in [-0.05, 0) is 55.9 Å².